The van der Waals surface area contributed by atoms with E-state index < -0.39 is 29.3 Å². The number of nitrogens with zero attached hydrogens (tertiary/aromatic N) is 2. The molecule has 0 aliphatic heterocycles. The highest BCUT2D eigenvalue weighted by Crippen LogP contribution is 2.27. The van der Waals surface area contributed by atoms with Crippen LogP contribution in [0.2, 0.25) is 5.02 Å². The molecule has 1 atom stereocenters. The topological polar surface area (TPSA) is 64.3 Å². The molecule has 1 aromatic heterocycles. The molecular weight excluding hydrogens is 414 g/mol. The zero-order valence-electron chi connectivity index (χ0n) is 16.7. The molecule has 8 heteroatoms. The third-order valence-electron chi connectivity index (χ3n) is 4.69. The lowest BCUT2D eigenvalue weighted by Gasteiger charge is -2.13. The van der Waals surface area contributed by atoms with Crippen LogP contribution >= 0.6 is 11.6 Å². The van der Waals surface area contributed by atoms with E-state index >= 15 is 0 Å². The van der Waals surface area contributed by atoms with Crippen LogP contribution in [0.4, 0.5) is 8.78 Å². The summed E-state index contributed by atoms with van der Waals surface area (Å²) in [5.74, 6) is -4.08. The number of aliphatic carboxylic acids is 1. The first-order chi connectivity index (χ1) is 14.2. The van der Waals surface area contributed by atoms with Gasteiger partial charge in [-0.15, -0.1) is 0 Å². The van der Waals surface area contributed by atoms with Gasteiger partial charge in [0.2, 0.25) is 0 Å². The van der Waals surface area contributed by atoms with Crippen molar-refractivity contribution in [1.82, 2.24) is 9.78 Å². The monoisotopic (exact) mass is 434 g/mol. The number of aromatic nitrogens is 2. The molecule has 0 spiro atoms. The van der Waals surface area contributed by atoms with Gasteiger partial charge in [0, 0.05) is 5.02 Å². The van der Waals surface area contributed by atoms with Crippen molar-refractivity contribution in [2.75, 3.05) is 0 Å². The Kier molecular flexibility index (Phi) is 6.41. The van der Waals surface area contributed by atoms with E-state index in [0.717, 1.165) is 17.7 Å². The second-order valence-electron chi connectivity index (χ2n) is 7.24. The summed E-state index contributed by atoms with van der Waals surface area (Å²) in [5, 5.41) is 14.0. The number of hydrogen-bond acceptors (Lipinski definition) is 3. The molecule has 2 aromatic carbocycles. The standard InChI is InChI=1S/C22H21ClF2N2O3/c1-12-4-5-16(10-18(12)23)27-17(7-14(3)26-27)11-30-21-19(24)8-15(9-20(21)25)6-13(2)22(28)29/h4-5,7-10,13H,6,11H2,1-3H3,(H,28,29). The van der Waals surface area contributed by atoms with Crippen molar-refractivity contribution in [3.8, 4) is 11.4 Å². The van der Waals surface area contributed by atoms with Gasteiger partial charge in [-0.05, 0) is 61.7 Å². The Hall–Kier alpha value is -2.93. The fraction of sp³-hybridized carbons (Fsp3) is 0.273. The highest BCUT2D eigenvalue weighted by Gasteiger charge is 2.18. The normalized spacial score (nSPS) is 12.1. The van der Waals surface area contributed by atoms with E-state index in [0.29, 0.717) is 22.1 Å². The molecule has 3 aromatic rings. The summed E-state index contributed by atoms with van der Waals surface area (Å²) in [6.07, 6.45) is 0.0175. The van der Waals surface area contributed by atoms with Crippen LogP contribution in [0.5, 0.6) is 5.75 Å². The third-order valence-corrected chi connectivity index (χ3v) is 5.10. The molecule has 0 saturated heterocycles. The molecule has 0 aliphatic rings. The maximum absolute atomic E-state index is 14.4. The van der Waals surface area contributed by atoms with Crippen molar-refractivity contribution in [1.29, 1.82) is 0 Å². The van der Waals surface area contributed by atoms with Crippen molar-refractivity contribution in [2.45, 2.75) is 33.8 Å². The van der Waals surface area contributed by atoms with Crippen LogP contribution in [0.15, 0.2) is 36.4 Å². The minimum absolute atomic E-state index is 0.0175. The number of carboxylic acids is 1. The second-order valence-corrected chi connectivity index (χ2v) is 7.65. The van der Waals surface area contributed by atoms with Crippen LogP contribution in [0, 0.1) is 31.4 Å². The molecule has 30 heavy (non-hydrogen) atoms. The predicted octanol–water partition coefficient (Wildman–Crippen LogP) is 5.26. The zero-order chi connectivity index (χ0) is 22.0. The molecule has 158 valence electrons. The van der Waals surface area contributed by atoms with Crippen molar-refractivity contribution >= 4 is 17.6 Å². The Bertz CT molecular complexity index is 1070. The van der Waals surface area contributed by atoms with Crippen LogP contribution in [-0.4, -0.2) is 20.9 Å². The number of carboxylic acid groups (broad SMARTS) is 1. The van der Waals surface area contributed by atoms with E-state index in [1.54, 1.807) is 23.7 Å². The summed E-state index contributed by atoms with van der Waals surface area (Å²) in [6.45, 7) is 5.04. The summed E-state index contributed by atoms with van der Waals surface area (Å²) in [6, 6.07) is 9.41. The fourth-order valence-corrected chi connectivity index (χ4v) is 3.22. The first kappa shape index (κ1) is 21.8. The number of rotatable bonds is 7. The average molecular weight is 435 g/mol. The molecule has 0 bridgehead atoms. The summed E-state index contributed by atoms with van der Waals surface area (Å²) < 4.78 is 35.9. The number of benzene rings is 2. The SMILES string of the molecule is Cc1cc(COc2c(F)cc(CC(C)C(=O)O)cc2F)n(-c2ccc(C)c(Cl)c2)n1. The number of halogens is 3. The van der Waals surface area contributed by atoms with Gasteiger partial charge in [-0.2, -0.15) is 5.10 Å². The molecule has 1 unspecified atom stereocenters. The van der Waals surface area contributed by atoms with Gasteiger partial charge < -0.3 is 9.84 Å². The summed E-state index contributed by atoms with van der Waals surface area (Å²) in [7, 11) is 0. The first-order valence-electron chi connectivity index (χ1n) is 9.31. The van der Waals surface area contributed by atoms with E-state index in [2.05, 4.69) is 5.10 Å². The van der Waals surface area contributed by atoms with Crippen molar-refractivity contribution < 1.29 is 23.4 Å². The number of aryl methyl sites for hydroxylation is 2. The lowest BCUT2D eigenvalue weighted by molar-refractivity contribution is -0.141. The minimum Gasteiger partial charge on any atom is -0.481 e. The molecule has 0 aliphatic carbocycles. The first-order valence-corrected chi connectivity index (χ1v) is 9.69. The van der Waals surface area contributed by atoms with E-state index in [4.69, 9.17) is 21.4 Å². The lowest BCUT2D eigenvalue weighted by Crippen LogP contribution is -2.13. The Balaban J connectivity index is 1.82. The van der Waals surface area contributed by atoms with Crippen LogP contribution in [0.1, 0.15) is 29.4 Å². The van der Waals surface area contributed by atoms with Gasteiger partial charge in [0.25, 0.3) is 0 Å². The van der Waals surface area contributed by atoms with Crippen LogP contribution < -0.4 is 4.74 Å². The minimum atomic E-state index is -1.03. The maximum Gasteiger partial charge on any atom is 0.306 e. The summed E-state index contributed by atoms with van der Waals surface area (Å²) in [4.78, 5) is 11.0. The average Bonchev–Trinajstić information content (AvgIpc) is 3.03. The Morgan fingerprint density at radius 1 is 1.20 bits per heavy atom. The van der Waals surface area contributed by atoms with Gasteiger partial charge in [-0.25, -0.2) is 13.5 Å². The fourth-order valence-electron chi connectivity index (χ4n) is 3.05. The summed E-state index contributed by atoms with van der Waals surface area (Å²) in [5.41, 5.74) is 3.18. The van der Waals surface area contributed by atoms with Crippen molar-refractivity contribution in [2.24, 2.45) is 5.92 Å². The summed E-state index contributed by atoms with van der Waals surface area (Å²) >= 11 is 6.20. The van der Waals surface area contributed by atoms with Crippen LogP contribution in [0.3, 0.4) is 0 Å². The van der Waals surface area contributed by atoms with Crippen molar-refractivity contribution in [3.63, 3.8) is 0 Å². The van der Waals surface area contributed by atoms with E-state index in [1.165, 1.54) is 6.92 Å². The van der Waals surface area contributed by atoms with Gasteiger partial charge in [0.1, 0.15) is 6.61 Å². The Morgan fingerprint density at radius 2 is 1.87 bits per heavy atom. The Morgan fingerprint density at radius 3 is 2.47 bits per heavy atom. The molecule has 0 radical (unpaired) electrons. The quantitative estimate of drug-likeness (QED) is 0.550. The molecule has 0 saturated carbocycles. The van der Waals surface area contributed by atoms with E-state index in [9.17, 15) is 13.6 Å². The van der Waals surface area contributed by atoms with Gasteiger partial charge in [0.05, 0.1) is 23.0 Å². The van der Waals surface area contributed by atoms with Gasteiger partial charge in [0.15, 0.2) is 17.4 Å². The molecular formula is C22H21ClF2N2O3. The third kappa shape index (κ3) is 4.79. The maximum atomic E-state index is 14.4. The second kappa shape index (κ2) is 8.83. The largest absolute Gasteiger partial charge is 0.481 e. The van der Waals surface area contributed by atoms with Gasteiger partial charge in [-0.3, -0.25) is 4.79 Å². The molecule has 5 nitrogen and oxygen atoms in total. The molecule has 3 rings (SSSR count). The smallest absolute Gasteiger partial charge is 0.306 e. The molecule has 0 amide bonds. The van der Waals surface area contributed by atoms with E-state index in [1.807, 2.05) is 19.1 Å². The zero-order valence-corrected chi connectivity index (χ0v) is 17.5. The van der Waals surface area contributed by atoms with E-state index in [-0.39, 0.29) is 18.6 Å². The predicted molar refractivity (Wildman–Crippen MR) is 109 cm³/mol. The van der Waals surface area contributed by atoms with Gasteiger partial charge >= 0.3 is 5.97 Å². The number of ether oxygens (including phenoxy) is 1. The van der Waals surface area contributed by atoms with Gasteiger partial charge in [-0.1, -0.05) is 24.6 Å². The van der Waals surface area contributed by atoms with Crippen molar-refractivity contribution in [3.05, 3.63) is 75.6 Å². The lowest BCUT2D eigenvalue weighted by atomic mass is 10.0. The molecule has 1 heterocycles. The number of carbonyl (C=O) groups is 1. The molecule has 1 N–H and O–H groups in total. The number of hydrogen-bond donors (Lipinski definition) is 1. The molecule has 0 fully saturated rings. The highest BCUT2D eigenvalue weighted by molar-refractivity contribution is 6.31. The highest BCUT2D eigenvalue weighted by atomic mass is 35.5. The Labute approximate surface area is 177 Å². The van der Waals surface area contributed by atoms with Crippen LogP contribution in [-0.2, 0) is 17.8 Å². The van der Waals surface area contributed by atoms with Crippen LogP contribution in [0.25, 0.3) is 5.69 Å².